The predicted octanol–water partition coefficient (Wildman–Crippen LogP) is 2.42. The Labute approximate surface area is 89.1 Å². The highest BCUT2D eigenvalue weighted by Crippen LogP contribution is 2.09. The van der Waals surface area contributed by atoms with Crippen molar-refractivity contribution >= 4 is 0 Å². The summed E-state index contributed by atoms with van der Waals surface area (Å²) in [5.74, 6) is 1.13. The van der Waals surface area contributed by atoms with Gasteiger partial charge in [-0.15, -0.1) is 0 Å². The molecule has 2 nitrogen and oxygen atoms in total. The molecule has 0 rings (SSSR count). The zero-order valence-corrected chi connectivity index (χ0v) is 10.4. The Morgan fingerprint density at radius 3 is 2.00 bits per heavy atom. The normalized spacial score (nSPS) is 18.2. The maximum absolute atomic E-state index is 9.00. The maximum atomic E-state index is 9.00. The minimum atomic E-state index is 0.269. The van der Waals surface area contributed by atoms with Gasteiger partial charge in [0.25, 0.3) is 0 Å². The van der Waals surface area contributed by atoms with Crippen molar-refractivity contribution in [2.45, 2.75) is 59.5 Å². The molecule has 2 N–H and O–H groups in total. The first-order chi connectivity index (χ1) is 6.47. The molecule has 0 heterocycles. The smallest absolute Gasteiger partial charge is 0.0471 e. The van der Waals surface area contributed by atoms with Crippen LogP contribution in [-0.2, 0) is 0 Å². The average Bonchev–Trinajstić information content (AvgIpc) is 2.13. The molecule has 0 radical (unpaired) electrons. The monoisotopic (exact) mass is 201 g/mol. The summed E-state index contributed by atoms with van der Waals surface area (Å²) in [7, 11) is 0. The van der Waals surface area contributed by atoms with Crippen LogP contribution in [-0.4, -0.2) is 23.8 Å². The van der Waals surface area contributed by atoms with Gasteiger partial charge in [0.1, 0.15) is 0 Å². The summed E-state index contributed by atoms with van der Waals surface area (Å²) in [6, 6.07) is 0.962. The van der Waals surface area contributed by atoms with Crippen molar-refractivity contribution in [1.82, 2.24) is 5.32 Å². The molecule has 14 heavy (non-hydrogen) atoms. The number of aliphatic hydroxyl groups is 1. The van der Waals surface area contributed by atoms with Gasteiger partial charge >= 0.3 is 0 Å². The summed E-state index contributed by atoms with van der Waals surface area (Å²) in [5, 5.41) is 12.5. The third-order valence-electron chi connectivity index (χ3n) is 2.87. The van der Waals surface area contributed by atoms with E-state index in [4.69, 9.17) is 5.11 Å². The summed E-state index contributed by atoms with van der Waals surface area (Å²) >= 11 is 0. The van der Waals surface area contributed by atoms with E-state index >= 15 is 0 Å². The van der Waals surface area contributed by atoms with Gasteiger partial charge in [0.2, 0.25) is 0 Å². The molecule has 0 amide bonds. The lowest BCUT2D eigenvalue weighted by Crippen LogP contribution is -2.39. The molecule has 0 aliphatic carbocycles. The van der Waals surface area contributed by atoms with E-state index in [1.807, 2.05) is 0 Å². The zero-order valence-electron chi connectivity index (χ0n) is 10.4. The van der Waals surface area contributed by atoms with Crippen molar-refractivity contribution in [2.75, 3.05) is 6.61 Å². The van der Waals surface area contributed by atoms with Crippen molar-refractivity contribution in [3.8, 4) is 0 Å². The lowest BCUT2D eigenvalue weighted by molar-refractivity contribution is 0.200. The van der Waals surface area contributed by atoms with Gasteiger partial charge in [-0.1, -0.05) is 20.8 Å². The van der Waals surface area contributed by atoms with E-state index < -0.39 is 0 Å². The lowest BCUT2D eigenvalue weighted by atomic mass is 10.0. The molecule has 3 atom stereocenters. The highest BCUT2D eigenvalue weighted by Gasteiger charge is 2.13. The maximum Gasteiger partial charge on any atom is 0.0471 e. The average molecular weight is 201 g/mol. The fourth-order valence-corrected chi connectivity index (χ4v) is 1.44. The Bertz CT molecular complexity index is 136. The van der Waals surface area contributed by atoms with Gasteiger partial charge in [-0.2, -0.15) is 0 Å². The van der Waals surface area contributed by atoms with Crippen LogP contribution in [0, 0.1) is 11.8 Å². The van der Waals surface area contributed by atoms with Gasteiger partial charge in [0, 0.05) is 18.7 Å². The summed E-state index contributed by atoms with van der Waals surface area (Å²) in [6.07, 6.45) is 2.49. The first-order valence-electron chi connectivity index (χ1n) is 5.84. The van der Waals surface area contributed by atoms with Crippen LogP contribution in [0.3, 0.4) is 0 Å². The first kappa shape index (κ1) is 13.9. The van der Waals surface area contributed by atoms with Crippen molar-refractivity contribution < 1.29 is 5.11 Å². The van der Waals surface area contributed by atoms with Crippen LogP contribution in [0.15, 0.2) is 0 Å². The van der Waals surface area contributed by atoms with Gasteiger partial charge < -0.3 is 10.4 Å². The zero-order chi connectivity index (χ0) is 11.1. The molecule has 0 aliphatic rings. The molecule has 0 bridgehead atoms. The predicted molar refractivity (Wildman–Crippen MR) is 62.4 cm³/mol. The Morgan fingerprint density at radius 2 is 1.57 bits per heavy atom. The van der Waals surface area contributed by atoms with E-state index in [9.17, 15) is 0 Å². The molecule has 0 fully saturated rings. The second-order valence-corrected chi connectivity index (χ2v) is 4.99. The Morgan fingerprint density at radius 1 is 1.00 bits per heavy atom. The molecule has 0 spiro atoms. The molecule has 0 saturated heterocycles. The van der Waals surface area contributed by atoms with Gasteiger partial charge in [-0.3, -0.25) is 0 Å². The number of nitrogens with one attached hydrogen (secondary N) is 1. The van der Waals surface area contributed by atoms with Crippen LogP contribution in [0.1, 0.15) is 47.5 Å². The van der Waals surface area contributed by atoms with Gasteiger partial charge in [0.15, 0.2) is 0 Å². The summed E-state index contributed by atoms with van der Waals surface area (Å²) in [6.45, 7) is 11.2. The summed E-state index contributed by atoms with van der Waals surface area (Å²) < 4.78 is 0. The Kier molecular flexibility index (Phi) is 7.20. The summed E-state index contributed by atoms with van der Waals surface area (Å²) in [4.78, 5) is 0. The number of hydrogen-bond acceptors (Lipinski definition) is 2. The van der Waals surface area contributed by atoms with Gasteiger partial charge in [-0.05, 0) is 38.5 Å². The minimum absolute atomic E-state index is 0.269. The molecular weight excluding hydrogens is 174 g/mol. The number of hydrogen-bond donors (Lipinski definition) is 2. The van der Waals surface area contributed by atoms with E-state index in [-0.39, 0.29) is 6.61 Å². The van der Waals surface area contributed by atoms with Crippen molar-refractivity contribution in [1.29, 1.82) is 0 Å². The lowest BCUT2D eigenvalue weighted by Gasteiger charge is -2.24. The standard InChI is InChI=1S/C12H27NO/c1-9(2)6-7-11(4)13-12(5)10(3)8-14/h9-14H,6-8H2,1-5H3. The third kappa shape index (κ3) is 6.39. The van der Waals surface area contributed by atoms with E-state index in [0.717, 1.165) is 5.92 Å². The van der Waals surface area contributed by atoms with Crippen molar-refractivity contribution in [2.24, 2.45) is 11.8 Å². The van der Waals surface area contributed by atoms with Crippen LogP contribution >= 0.6 is 0 Å². The largest absolute Gasteiger partial charge is 0.396 e. The SMILES string of the molecule is CC(C)CCC(C)NC(C)C(C)CO. The van der Waals surface area contributed by atoms with E-state index in [1.54, 1.807) is 0 Å². The van der Waals surface area contributed by atoms with Crippen LogP contribution in [0.2, 0.25) is 0 Å². The van der Waals surface area contributed by atoms with E-state index in [1.165, 1.54) is 12.8 Å². The fraction of sp³-hybridized carbons (Fsp3) is 1.00. The topological polar surface area (TPSA) is 32.3 Å². The number of rotatable bonds is 7. The molecule has 0 aromatic rings. The van der Waals surface area contributed by atoms with Crippen LogP contribution in [0.25, 0.3) is 0 Å². The van der Waals surface area contributed by atoms with Gasteiger partial charge in [-0.25, -0.2) is 0 Å². The fourth-order valence-electron chi connectivity index (χ4n) is 1.44. The molecule has 2 heteroatoms. The van der Waals surface area contributed by atoms with Gasteiger partial charge in [0.05, 0.1) is 0 Å². The number of aliphatic hydroxyl groups excluding tert-OH is 1. The quantitative estimate of drug-likeness (QED) is 0.663. The molecule has 86 valence electrons. The molecule has 0 aliphatic heterocycles. The Hall–Kier alpha value is -0.0800. The highest BCUT2D eigenvalue weighted by molar-refractivity contribution is 4.72. The first-order valence-corrected chi connectivity index (χ1v) is 5.84. The molecular formula is C12H27NO. The van der Waals surface area contributed by atoms with Crippen LogP contribution < -0.4 is 5.32 Å². The Balaban J connectivity index is 3.65. The minimum Gasteiger partial charge on any atom is -0.396 e. The van der Waals surface area contributed by atoms with Crippen LogP contribution in [0.5, 0.6) is 0 Å². The molecule has 0 saturated carbocycles. The van der Waals surface area contributed by atoms with Crippen molar-refractivity contribution in [3.63, 3.8) is 0 Å². The molecule has 0 aromatic carbocycles. The molecule has 0 aromatic heterocycles. The van der Waals surface area contributed by atoms with E-state index in [0.29, 0.717) is 18.0 Å². The van der Waals surface area contributed by atoms with Crippen molar-refractivity contribution in [3.05, 3.63) is 0 Å². The summed E-state index contributed by atoms with van der Waals surface area (Å²) in [5.41, 5.74) is 0. The second kappa shape index (κ2) is 7.24. The van der Waals surface area contributed by atoms with E-state index in [2.05, 4.69) is 39.9 Å². The second-order valence-electron chi connectivity index (χ2n) is 4.99. The highest BCUT2D eigenvalue weighted by atomic mass is 16.3. The van der Waals surface area contributed by atoms with Crippen LogP contribution in [0.4, 0.5) is 0 Å². The third-order valence-corrected chi connectivity index (χ3v) is 2.87. The molecule has 3 unspecified atom stereocenters.